The number of imide groups is 1. The number of rotatable bonds is 10. The molecule has 7 heteroatoms. The van der Waals surface area contributed by atoms with Gasteiger partial charge in [0.15, 0.2) is 0 Å². The maximum absolute atomic E-state index is 12.7. The second-order valence-electron chi connectivity index (χ2n) is 8.08. The Balaban J connectivity index is 1.19. The standard InChI is InChI=1S/C25H28N4O3/c30-23(26-15-6-9-18-7-2-1-3-8-18)13-12-22-24(31)29(25(32)28-22)16-14-19-17-27-21-11-5-4-10-20(19)21/h1-5,7-8,10-11,17,22,27H,6,9,12-16H2,(H,26,30)(H,28,32). The van der Waals surface area contributed by atoms with Crippen LogP contribution in [0.25, 0.3) is 10.9 Å². The fourth-order valence-corrected chi connectivity index (χ4v) is 4.08. The molecule has 0 spiro atoms. The molecule has 2 aromatic carbocycles. The quantitative estimate of drug-likeness (QED) is 0.339. The first-order valence-electron chi connectivity index (χ1n) is 11.1. The van der Waals surface area contributed by atoms with Crippen molar-refractivity contribution in [3.8, 4) is 0 Å². The largest absolute Gasteiger partial charge is 0.361 e. The molecule has 1 aromatic heterocycles. The Morgan fingerprint density at radius 1 is 1.00 bits per heavy atom. The molecule has 1 unspecified atom stereocenters. The van der Waals surface area contributed by atoms with E-state index in [1.54, 1.807) is 0 Å². The minimum Gasteiger partial charge on any atom is -0.361 e. The zero-order chi connectivity index (χ0) is 22.3. The van der Waals surface area contributed by atoms with Crippen molar-refractivity contribution in [1.29, 1.82) is 0 Å². The Kier molecular flexibility index (Phi) is 6.84. The number of hydrogen-bond acceptors (Lipinski definition) is 3. The number of amides is 4. The van der Waals surface area contributed by atoms with Crippen LogP contribution in [0, 0.1) is 0 Å². The Labute approximate surface area is 187 Å². The zero-order valence-electron chi connectivity index (χ0n) is 18.0. The first-order valence-corrected chi connectivity index (χ1v) is 11.1. The number of aryl methyl sites for hydroxylation is 1. The summed E-state index contributed by atoms with van der Waals surface area (Å²) in [4.78, 5) is 41.6. The average molecular weight is 433 g/mol. The summed E-state index contributed by atoms with van der Waals surface area (Å²) in [5.74, 6) is -0.357. The van der Waals surface area contributed by atoms with Crippen molar-refractivity contribution in [2.24, 2.45) is 0 Å². The topological polar surface area (TPSA) is 94.3 Å². The van der Waals surface area contributed by atoms with E-state index in [4.69, 9.17) is 0 Å². The summed E-state index contributed by atoms with van der Waals surface area (Å²) in [6.07, 6.45) is 4.78. The number of aromatic nitrogens is 1. The lowest BCUT2D eigenvalue weighted by molar-refractivity contribution is -0.127. The number of benzene rings is 2. The minimum absolute atomic E-state index is 0.0997. The molecular weight excluding hydrogens is 404 g/mol. The van der Waals surface area contributed by atoms with E-state index in [0.29, 0.717) is 25.9 Å². The summed E-state index contributed by atoms with van der Waals surface area (Å²) in [5.41, 5.74) is 3.35. The van der Waals surface area contributed by atoms with E-state index >= 15 is 0 Å². The molecule has 0 radical (unpaired) electrons. The van der Waals surface area contributed by atoms with E-state index in [-0.39, 0.29) is 24.3 Å². The lowest BCUT2D eigenvalue weighted by Crippen LogP contribution is -2.34. The van der Waals surface area contributed by atoms with Crippen LogP contribution in [0.15, 0.2) is 60.8 Å². The van der Waals surface area contributed by atoms with Crippen LogP contribution in [-0.2, 0) is 22.4 Å². The van der Waals surface area contributed by atoms with Crippen LogP contribution in [-0.4, -0.2) is 46.9 Å². The third kappa shape index (κ3) is 5.17. The van der Waals surface area contributed by atoms with Gasteiger partial charge in [-0.2, -0.15) is 0 Å². The van der Waals surface area contributed by atoms with E-state index in [9.17, 15) is 14.4 Å². The van der Waals surface area contributed by atoms with Crippen molar-refractivity contribution in [3.63, 3.8) is 0 Å². The summed E-state index contributed by atoms with van der Waals surface area (Å²) >= 11 is 0. The molecule has 166 valence electrons. The van der Waals surface area contributed by atoms with Gasteiger partial charge in [0.05, 0.1) is 0 Å². The Hall–Kier alpha value is -3.61. The number of H-pyrrole nitrogens is 1. The Bertz CT molecular complexity index is 1090. The first kappa shape index (κ1) is 21.6. The highest BCUT2D eigenvalue weighted by Crippen LogP contribution is 2.19. The van der Waals surface area contributed by atoms with Gasteiger partial charge in [-0.15, -0.1) is 0 Å². The molecule has 4 rings (SSSR count). The van der Waals surface area contributed by atoms with Crippen LogP contribution < -0.4 is 10.6 Å². The molecule has 1 aliphatic heterocycles. The predicted octanol–water partition coefficient (Wildman–Crippen LogP) is 3.16. The van der Waals surface area contributed by atoms with Crippen LogP contribution in [0.3, 0.4) is 0 Å². The number of nitrogens with one attached hydrogen (secondary N) is 3. The zero-order valence-corrected chi connectivity index (χ0v) is 18.0. The van der Waals surface area contributed by atoms with E-state index in [1.807, 2.05) is 48.7 Å². The van der Waals surface area contributed by atoms with Crippen molar-refractivity contribution in [3.05, 3.63) is 71.9 Å². The van der Waals surface area contributed by atoms with Crippen molar-refractivity contribution < 1.29 is 14.4 Å². The molecule has 2 heterocycles. The minimum atomic E-state index is -0.638. The number of urea groups is 1. The highest BCUT2D eigenvalue weighted by atomic mass is 16.2. The Morgan fingerprint density at radius 3 is 2.62 bits per heavy atom. The number of aromatic amines is 1. The van der Waals surface area contributed by atoms with Crippen molar-refractivity contribution in [1.82, 2.24) is 20.5 Å². The molecule has 1 fully saturated rings. The SMILES string of the molecule is O=C(CCC1NC(=O)N(CCc2c[nH]c3ccccc23)C1=O)NCCCc1ccccc1. The summed E-state index contributed by atoms with van der Waals surface area (Å²) in [5, 5.41) is 6.71. The smallest absolute Gasteiger partial charge is 0.324 e. The molecule has 0 saturated carbocycles. The van der Waals surface area contributed by atoms with Gasteiger partial charge in [0.25, 0.3) is 5.91 Å². The predicted molar refractivity (Wildman–Crippen MR) is 123 cm³/mol. The van der Waals surface area contributed by atoms with Crippen LogP contribution in [0.4, 0.5) is 4.79 Å². The molecular formula is C25H28N4O3. The maximum Gasteiger partial charge on any atom is 0.324 e. The fourth-order valence-electron chi connectivity index (χ4n) is 4.08. The fraction of sp³-hybridized carbons (Fsp3) is 0.320. The van der Waals surface area contributed by atoms with Gasteiger partial charge in [-0.3, -0.25) is 14.5 Å². The van der Waals surface area contributed by atoms with Crippen molar-refractivity contribution in [2.75, 3.05) is 13.1 Å². The highest BCUT2D eigenvalue weighted by Gasteiger charge is 2.37. The molecule has 32 heavy (non-hydrogen) atoms. The molecule has 3 aromatic rings. The normalized spacial score (nSPS) is 15.9. The number of para-hydroxylation sites is 1. The second kappa shape index (κ2) is 10.1. The van der Waals surface area contributed by atoms with Gasteiger partial charge >= 0.3 is 6.03 Å². The van der Waals surface area contributed by atoms with Gasteiger partial charge in [-0.05, 0) is 42.9 Å². The van der Waals surface area contributed by atoms with Gasteiger partial charge in [0, 0.05) is 36.6 Å². The second-order valence-corrected chi connectivity index (χ2v) is 8.08. The Morgan fingerprint density at radius 2 is 1.78 bits per heavy atom. The summed E-state index contributed by atoms with van der Waals surface area (Å²) in [7, 11) is 0. The van der Waals surface area contributed by atoms with Crippen LogP contribution >= 0.6 is 0 Å². The summed E-state index contributed by atoms with van der Waals surface area (Å²) in [6.45, 7) is 0.907. The molecule has 7 nitrogen and oxygen atoms in total. The molecule has 1 aliphatic rings. The van der Waals surface area contributed by atoms with Crippen LogP contribution in [0.2, 0.25) is 0 Å². The van der Waals surface area contributed by atoms with E-state index in [0.717, 1.165) is 29.3 Å². The third-order valence-electron chi connectivity index (χ3n) is 5.85. The molecule has 0 aliphatic carbocycles. The lowest BCUT2D eigenvalue weighted by Gasteiger charge is -2.12. The van der Waals surface area contributed by atoms with E-state index in [2.05, 4.69) is 27.8 Å². The average Bonchev–Trinajstić information content (AvgIpc) is 3.34. The van der Waals surface area contributed by atoms with Crippen molar-refractivity contribution >= 4 is 28.7 Å². The number of hydrogen-bond donors (Lipinski definition) is 3. The van der Waals surface area contributed by atoms with E-state index in [1.165, 1.54) is 10.5 Å². The monoisotopic (exact) mass is 432 g/mol. The van der Waals surface area contributed by atoms with Crippen LogP contribution in [0.5, 0.6) is 0 Å². The maximum atomic E-state index is 12.7. The number of nitrogens with zero attached hydrogens (tertiary/aromatic N) is 1. The molecule has 4 amide bonds. The molecule has 0 bridgehead atoms. The number of carbonyl (C=O) groups is 3. The van der Waals surface area contributed by atoms with Gasteiger partial charge < -0.3 is 15.6 Å². The van der Waals surface area contributed by atoms with Crippen LogP contribution in [0.1, 0.15) is 30.4 Å². The van der Waals surface area contributed by atoms with Crippen molar-refractivity contribution in [2.45, 2.75) is 38.1 Å². The molecule has 3 N–H and O–H groups in total. The van der Waals surface area contributed by atoms with Gasteiger partial charge in [0.2, 0.25) is 5.91 Å². The molecule has 1 saturated heterocycles. The number of carbonyl (C=O) groups excluding carboxylic acids is 3. The number of fused-ring (bicyclic) bond motifs is 1. The third-order valence-corrected chi connectivity index (χ3v) is 5.85. The van der Waals surface area contributed by atoms with Gasteiger partial charge in [0.1, 0.15) is 6.04 Å². The van der Waals surface area contributed by atoms with Gasteiger partial charge in [-0.1, -0.05) is 48.5 Å². The molecule has 1 atom stereocenters. The summed E-state index contributed by atoms with van der Waals surface area (Å²) in [6, 6.07) is 17.1. The van der Waals surface area contributed by atoms with E-state index < -0.39 is 6.04 Å². The lowest BCUT2D eigenvalue weighted by atomic mass is 10.1. The first-order chi connectivity index (χ1) is 15.6. The van der Waals surface area contributed by atoms with Gasteiger partial charge in [-0.25, -0.2) is 4.79 Å². The summed E-state index contributed by atoms with van der Waals surface area (Å²) < 4.78 is 0. The highest BCUT2D eigenvalue weighted by molar-refractivity contribution is 6.04.